The molecule has 0 aliphatic carbocycles. The van der Waals surface area contributed by atoms with E-state index >= 15 is 0 Å². The van der Waals surface area contributed by atoms with E-state index in [0.29, 0.717) is 23.5 Å². The number of nitrogens with one attached hydrogen (secondary N) is 1. The maximum absolute atomic E-state index is 10.1. The zero-order chi connectivity index (χ0) is 21.9. The van der Waals surface area contributed by atoms with Crippen molar-refractivity contribution in [1.82, 2.24) is 29.9 Å². The molecule has 2 atom stereocenters. The highest BCUT2D eigenvalue weighted by molar-refractivity contribution is 5.81. The molecular formula is C22H26N8O2. The number of aromatic nitrogens is 6. The van der Waals surface area contributed by atoms with Gasteiger partial charge in [-0.05, 0) is 38.0 Å². The molecule has 32 heavy (non-hydrogen) atoms. The third-order valence-electron chi connectivity index (χ3n) is 7.18. The van der Waals surface area contributed by atoms with Crippen molar-refractivity contribution in [3.63, 3.8) is 0 Å². The molecule has 1 aromatic carbocycles. The van der Waals surface area contributed by atoms with Crippen molar-refractivity contribution in [3.8, 4) is 5.69 Å². The number of anilines is 1. The SMILES string of the molecule is C[C@@H]1OCC2(CCN(c3nc4cnn(-c5ccc6cn[nH]c6c5)c4nc3CO)CC2)[C@@H]1N. The van der Waals surface area contributed by atoms with Crippen LogP contribution in [0, 0.1) is 5.41 Å². The van der Waals surface area contributed by atoms with Crippen LogP contribution in [-0.4, -0.2) is 66.9 Å². The minimum absolute atomic E-state index is 0.0308. The van der Waals surface area contributed by atoms with Gasteiger partial charge in [-0.25, -0.2) is 14.6 Å². The van der Waals surface area contributed by atoms with E-state index in [0.717, 1.165) is 48.3 Å². The van der Waals surface area contributed by atoms with E-state index in [1.807, 2.05) is 18.2 Å². The number of aliphatic hydroxyl groups excluding tert-OH is 1. The van der Waals surface area contributed by atoms with Crippen LogP contribution in [0.3, 0.4) is 0 Å². The molecule has 166 valence electrons. The molecule has 6 rings (SSSR count). The van der Waals surface area contributed by atoms with Crippen LogP contribution in [0.25, 0.3) is 27.8 Å². The third-order valence-corrected chi connectivity index (χ3v) is 7.18. The summed E-state index contributed by atoms with van der Waals surface area (Å²) in [6.07, 6.45) is 5.47. The molecule has 4 aromatic rings. The van der Waals surface area contributed by atoms with Crippen LogP contribution in [0.1, 0.15) is 25.5 Å². The van der Waals surface area contributed by atoms with Crippen LogP contribution in [-0.2, 0) is 11.3 Å². The Morgan fingerprint density at radius 3 is 2.84 bits per heavy atom. The number of piperidine rings is 1. The minimum atomic E-state index is -0.190. The number of H-pyrrole nitrogens is 1. The smallest absolute Gasteiger partial charge is 0.182 e. The molecular weight excluding hydrogens is 408 g/mol. The van der Waals surface area contributed by atoms with Gasteiger partial charge in [0.15, 0.2) is 11.5 Å². The zero-order valence-electron chi connectivity index (χ0n) is 17.9. The van der Waals surface area contributed by atoms with Gasteiger partial charge in [-0.2, -0.15) is 10.2 Å². The molecule has 0 bridgehead atoms. The summed E-state index contributed by atoms with van der Waals surface area (Å²) < 4.78 is 7.58. The molecule has 3 aromatic heterocycles. The molecule has 2 fully saturated rings. The van der Waals surface area contributed by atoms with Gasteiger partial charge in [0.05, 0.1) is 42.9 Å². The number of aliphatic hydroxyl groups is 1. The number of hydrogen-bond donors (Lipinski definition) is 3. The Kier molecular flexibility index (Phi) is 4.42. The van der Waals surface area contributed by atoms with E-state index in [4.69, 9.17) is 20.4 Å². The Morgan fingerprint density at radius 1 is 1.25 bits per heavy atom. The molecule has 4 N–H and O–H groups in total. The Hall–Kier alpha value is -3.08. The van der Waals surface area contributed by atoms with Gasteiger partial charge in [-0.3, -0.25) is 5.10 Å². The number of hydrogen-bond acceptors (Lipinski definition) is 8. The van der Waals surface area contributed by atoms with Crippen molar-refractivity contribution in [2.45, 2.75) is 38.5 Å². The Labute approximate surface area is 184 Å². The summed E-state index contributed by atoms with van der Waals surface area (Å²) in [5.74, 6) is 0.721. The Bertz CT molecular complexity index is 1290. The Morgan fingerprint density at radius 2 is 2.09 bits per heavy atom. The van der Waals surface area contributed by atoms with Crippen molar-refractivity contribution in [2.24, 2.45) is 11.1 Å². The normalized spacial score (nSPS) is 23.0. The highest BCUT2D eigenvalue weighted by Gasteiger charge is 2.47. The number of ether oxygens (including phenoxy) is 1. The van der Waals surface area contributed by atoms with Crippen LogP contribution in [0.15, 0.2) is 30.6 Å². The van der Waals surface area contributed by atoms with E-state index in [1.165, 1.54) is 0 Å². The zero-order valence-corrected chi connectivity index (χ0v) is 17.9. The number of benzene rings is 1. The summed E-state index contributed by atoms with van der Waals surface area (Å²) in [6.45, 7) is 4.19. The molecule has 1 spiro atoms. The first-order valence-corrected chi connectivity index (χ1v) is 11.0. The van der Waals surface area contributed by atoms with Crippen LogP contribution in [0.4, 0.5) is 5.82 Å². The van der Waals surface area contributed by atoms with Crippen molar-refractivity contribution in [3.05, 3.63) is 36.3 Å². The molecule has 5 heterocycles. The number of aromatic amines is 1. The average molecular weight is 435 g/mol. The first-order valence-electron chi connectivity index (χ1n) is 11.0. The summed E-state index contributed by atoms with van der Waals surface area (Å²) in [5.41, 5.74) is 10.1. The van der Waals surface area contributed by atoms with Gasteiger partial charge in [0.25, 0.3) is 0 Å². The summed E-state index contributed by atoms with van der Waals surface area (Å²) in [5, 5.41) is 22.7. The molecule has 2 saturated heterocycles. The van der Waals surface area contributed by atoms with Gasteiger partial charge in [0.2, 0.25) is 0 Å². The number of fused-ring (bicyclic) bond motifs is 2. The predicted octanol–water partition coefficient (Wildman–Crippen LogP) is 1.52. The van der Waals surface area contributed by atoms with Gasteiger partial charge in [-0.15, -0.1) is 0 Å². The summed E-state index contributed by atoms with van der Waals surface area (Å²) in [4.78, 5) is 11.8. The fourth-order valence-corrected chi connectivity index (χ4v) is 5.12. The van der Waals surface area contributed by atoms with Gasteiger partial charge >= 0.3 is 0 Å². The molecule has 0 unspecified atom stereocenters. The quantitative estimate of drug-likeness (QED) is 0.442. The number of nitrogens with zero attached hydrogens (tertiary/aromatic N) is 6. The van der Waals surface area contributed by atoms with Crippen LogP contribution in [0.2, 0.25) is 0 Å². The standard InChI is InChI=1S/C22H26N8O2/c1-13-19(23)22(12-32-13)4-6-29(7-5-22)20-18(11-31)27-21-17(26-20)10-25-30(21)15-3-2-14-9-24-28-16(14)8-15/h2-3,8-10,13,19,31H,4-7,11-12,23H2,1H3,(H,24,28)/t13-,19+/m0/s1. The van der Waals surface area contributed by atoms with Crippen molar-refractivity contribution in [1.29, 1.82) is 0 Å². The lowest BCUT2D eigenvalue weighted by Crippen LogP contribution is -2.51. The van der Waals surface area contributed by atoms with E-state index in [9.17, 15) is 5.11 Å². The monoisotopic (exact) mass is 434 g/mol. The molecule has 0 amide bonds. The fraction of sp³-hybridized carbons (Fsp3) is 0.455. The van der Waals surface area contributed by atoms with Crippen molar-refractivity contribution in [2.75, 3.05) is 24.6 Å². The number of nitrogens with two attached hydrogens (primary N) is 1. The lowest BCUT2D eigenvalue weighted by atomic mass is 9.73. The van der Waals surface area contributed by atoms with Crippen molar-refractivity contribution < 1.29 is 9.84 Å². The lowest BCUT2D eigenvalue weighted by molar-refractivity contribution is 0.0973. The van der Waals surface area contributed by atoms with Crippen LogP contribution >= 0.6 is 0 Å². The van der Waals surface area contributed by atoms with E-state index in [-0.39, 0.29) is 24.2 Å². The largest absolute Gasteiger partial charge is 0.390 e. The van der Waals surface area contributed by atoms with Crippen molar-refractivity contribution >= 4 is 27.9 Å². The highest BCUT2D eigenvalue weighted by Crippen LogP contribution is 2.42. The average Bonchev–Trinajstić information content (AvgIpc) is 3.53. The third kappa shape index (κ3) is 2.90. The summed E-state index contributed by atoms with van der Waals surface area (Å²) >= 11 is 0. The van der Waals surface area contributed by atoms with Gasteiger partial charge in [0, 0.05) is 29.9 Å². The fourth-order valence-electron chi connectivity index (χ4n) is 5.12. The topological polar surface area (TPSA) is 131 Å². The van der Waals surface area contributed by atoms with Gasteiger partial charge in [-0.1, -0.05) is 0 Å². The summed E-state index contributed by atoms with van der Waals surface area (Å²) in [6, 6.07) is 5.98. The van der Waals surface area contributed by atoms with E-state index in [1.54, 1.807) is 17.1 Å². The first-order chi connectivity index (χ1) is 15.6. The predicted molar refractivity (Wildman–Crippen MR) is 120 cm³/mol. The summed E-state index contributed by atoms with van der Waals surface area (Å²) in [7, 11) is 0. The maximum Gasteiger partial charge on any atom is 0.182 e. The van der Waals surface area contributed by atoms with Crippen LogP contribution in [0.5, 0.6) is 0 Å². The number of rotatable bonds is 3. The van der Waals surface area contributed by atoms with E-state index < -0.39 is 0 Å². The minimum Gasteiger partial charge on any atom is -0.390 e. The van der Waals surface area contributed by atoms with Crippen LogP contribution < -0.4 is 10.6 Å². The molecule has 2 aliphatic heterocycles. The molecule has 2 aliphatic rings. The first kappa shape index (κ1) is 19.6. The molecule has 10 nitrogen and oxygen atoms in total. The van der Waals surface area contributed by atoms with Gasteiger partial charge in [0.1, 0.15) is 11.2 Å². The molecule has 0 radical (unpaired) electrons. The highest BCUT2D eigenvalue weighted by atomic mass is 16.5. The second-order valence-electron chi connectivity index (χ2n) is 8.95. The Balaban J connectivity index is 1.33. The van der Waals surface area contributed by atoms with Gasteiger partial charge < -0.3 is 20.5 Å². The lowest BCUT2D eigenvalue weighted by Gasteiger charge is -2.41. The second-order valence-corrected chi connectivity index (χ2v) is 8.95. The molecule has 0 saturated carbocycles. The molecule has 10 heteroatoms. The van der Waals surface area contributed by atoms with E-state index in [2.05, 4.69) is 27.1 Å². The maximum atomic E-state index is 10.1. The second kappa shape index (κ2) is 7.22.